The van der Waals surface area contributed by atoms with Gasteiger partial charge >= 0.3 is 0 Å². The summed E-state index contributed by atoms with van der Waals surface area (Å²) < 4.78 is 0. The number of benzene rings is 1. The summed E-state index contributed by atoms with van der Waals surface area (Å²) in [5, 5.41) is 12.4. The summed E-state index contributed by atoms with van der Waals surface area (Å²) in [6.07, 6.45) is 0.771. The lowest BCUT2D eigenvalue weighted by Gasteiger charge is -2.29. The molecule has 3 nitrogen and oxygen atoms in total. The highest BCUT2D eigenvalue weighted by Gasteiger charge is 2.25. The Kier molecular flexibility index (Phi) is 6.38. The molecule has 1 unspecified atom stereocenters. The van der Waals surface area contributed by atoms with Crippen molar-refractivity contribution in [2.75, 3.05) is 5.75 Å². The maximum atomic E-state index is 11.7. The van der Waals surface area contributed by atoms with Crippen LogP contribution in [-0.4, -0.2) is 28.4 Å². The van der Waals surface area contributed by atoms with Gasteiger partial charge in [-0.25, -0.2) is 0 Å². The molecule has 0 aliphatic rings. The van der Waals surface area contributed by atoms with E-state index in [4.69, 9.17) is 0 Å². The largest absolute Gasteiger partial charge is 0.391 e. The van der Waals surface area contributed by atoms with E-state index in [0.29, 0.717) is 6.42 Å². The highest BCUT2D eigenvalue weighted by molar-refractivity contribution is 7.99. The third-order valence-corrected chi connectivity index (χ3v) is 4.16. The van der Waals surface area contributed by atoms with Crippen molar-refractivity contribution in [3.05, 3.63) is 30.3 Å². The fourth-order valence-electron chi connectivity index (χ4n) is 1.47. The zero-order chi connectivity index (χ0) is 14.3. The van der Waals surface area contributed by atoms with Crippen molar-refractivity contribution >= 4 is 17.7 Å². The van der Waals surface area contributed by atoms with E-state index in [9.17, 15) is 9.90 Å². The molecule has 0 spiro atoms. The third kappa shape index (κ3) is 6.12. The minimum atomic E-state index is -0.566. The molecule has 0 aliphatic heterocycles. The van der Waals surface area contributed by atoms with Crippen molar-refractivity contribution in [1.29, 1.82) is 0 Å². The highest BCUT2D eigenvalue weighted by Crippen LogP contribution is 2.18. The number of hydrogen-bond acceptors (Lipinski definition) is 3. The summed E-state index contributed by atoms with van der Waals surface area (Å²) in [5.41, 5.74) is -0.566. The van der Waals surface area contributed by atoms with Crippen molar-refractivity contribution in [2.45, 2.75) is 50.2 Å². The van der Waals surface area contributed by atoms with Crippen LogP contribution in [0.2, 0.25) is 0 Å². The number of thioether (sulfide) groups is 1. The second kappa shape index (κ2) is 7.56. The van der Waals surface area contributed by atoms with Crippen LogP contribution in [0.3, 0.4) is 0 Å². The molecule has 1 amide bonds. The van der Waals surface area contributed by atoms with Gasteiger partial charge in [0.2, 0.25) is 5.91 Å². The molecule has 19 heavy (non-hydrogen) atoms. The number of aliphatic hydroxyl groups is 1. The summed E-state index contributed by atoms with van der Waals surface area (Å²) >= 11 is 1.76. The molecule has 1 aromatic rings. The topological polar surface area (TPSA) is 49.3 Å². The van der Waals surface area contributed by atoms with Crippen molar-refractivity contribution in [3.8, 4) is 0 Å². The molecule has 0 radical (unpaired) electrons. The molecule has 1 rings (SSSR count). The smallest absolute Gasteiger partial charge is 0.220 e. The molecule has 1 aromatic carbocycles. The first kappa shape index (κ1) is 16.1. The van der Waals surface area contributed by atoms with Gasteiger partial charge < -0.3 is 10.4 Å². The van der Waals surface area contributed by atoms with Crippen LogP contribution >= 0.6 is 11.8 Å². The van der Waals surface area contributed by atoms with Crippen molar-refractivity contribution in [1.82, 2.24) is 5.32 Å². The predicted octanol–water partition coefficient (Wildman–Crippen LogP) is 2.83. The van der Waals surface area contributed by atoms with Crippen LogP contribution in [0, 0.1) is 0 Å². The average Bonchev–Trinajstić information content (AvgIpc) is 2.35. The SMILES string of the molecule is CC(O)C(C)(C)NC(=O)CCCSc1ccccc1. The Labute approximate surface area is 119 Å². The van der Waals surface area contributed by atoms with Gasteiger partial charge in [0.05, 0.1) is 11.6 Å². The van der Waals surface area contributed by atoms with Crippen LogP contribution in [0.1, 0.15) is 33.6 Å². The van der Waals surface area contributed by atoms with Gasteiger partial charge in [-0.1, -0.05) is 18.2 Å². The van der Waals surface area contributed by atoms with E-state index in [1.807, 2.05) is 32.0 Å². The molecule has 4 heteroatoms. The van der Waals surface area contributed by atoms with E-state index in [1.165, 1.54) is 4.90 Å². The number of carbonyl (C=O) groups is 1. The first-order valence-electron chi connectivity index (χ1n) is 6.59. The quantitative estimate of drug-likeness (QED) is 0.597. The van der Waals surface area contributed by atoms with Crippen molar-refractivity contribution < 1.29 is 9.90 Å². The van der Waals surface area contributed by atoms with Gasteiger partial charge in [-0.3, -0.25) is 4.79 Å². The highest BCUT2D eigenvalue weighted by atomic mass is 32.2. The Hall–Kier alpha value is -1.00. The number of hydrogen-bond donors (Lipinski definition) is 2. The minimum Gasteiger partial charge on any atom is -0.391 e. The van der Waals surface area contributed by atoms with Crippen LogP contribution in [-0.2, 0) is 4.79 Å². The van der Waals surface area contributed by atoms with Gasteiger partial charge in [0.25, 0.3) is 0 Å². The fourth-order valence-corrected chi connectivity index (χ4v) is 2.34. The maximum absolute atomic E-state index is 11.7. The molecule has 2 N–H and O–H groups in total. The summed E-state index contributed by atoms with van der Waals surface area (Å²) in [4.78, 5) is 13.0. The summed E-state index contributed by atoms with van der Waals surface area (Å²) in [5.74, 6) is 0.923. The van der Waals surface area contributed by atoms with Gasteiger partial charge in [-0.2, -0.15) is 0 Å². The lowest BCUT2D eigenvalue weighted by Crippen LogP contribution is -2.50. The first-order chi connectivity index (χ1) is 8.92. The van der Waals surface area contributed by atoms with Gasteiger partial charge in [-0.05, 0) is 45.1 Å². The van der Waals surface area contributed by atoms with Gasteiger partial charge in [0, 0.05) is 11.3 Å². The zero-order valence-electron chi connectivity index (χ0n) is 11.8. The van der Waals surface area contributed by atoms with Crippen LogP contribution < -0.4 is 5.32 Å². The zero-order valence-corrected chi connectivity index (χ0v) is 12.7. The lowest BCUT2D eigenvalue weighted by molar-refractivity contribution is -0.124. The molecule has 1 atom stereocenters. The molecule has 0 aliphatic carbocycles. The molecule has 0 bridgehead atoms. The van der Waals surface area contributed by atoms with Crippen molar-refractivity contribution in [3.63, 3.8) is 0 Å². The Morgan fingerprint density at radius 1 is 1.37 bits per heavy atom. The molecular weight excluding hydrogens is 258 g/mol. The summed E-state index contributed by atoms with van der Waals surface area (Å²) in [6.45, 7) is 5.34. The van der Waals surface area contributed by atoms with E-state index >= 15 is 0 Å². The summed E-state index contributed by atoms with van der Waals surface area (Å²) in [7, 11) is 0. The van der Waals surface area contributed by atoms with Crippen LogP contribution in [0.5, 0.6) is 0 Å². The normalized spacial score (nSPS) is 13.1. The first-order valence-corrected chi connectivity index (χ1v) is 7.57. The van der Waals surface area contributed by atoms with Crippen LogP contribution in [0.25, 0.3) is 0 Å². The molecular formula is C15H23NO2S. The van der Waals surface area contributed by atoms with E-state index in [0.717, 1.165) is 12.2 Å². The number of amides is 1. The third-order valence-electron chi connectivity index (χ3n) is 3.07. The molecule has 0 aromatic heterocycles. The standard InChI is InChI=1S/C15H23NO2S/c1-12(17)15(2,3)16-14(18)10-7-11-19-13-8-5-4-6-9-13/h4-6,8-9,12,17H,7,10-11H2,1-3H3,(H,16,18). The van der Waals surface area contributed by atoms with Gasteiger partial charge in [0.15, 0.2) is 0 Å². The molecule has 106 valence electrons. The number of rotatable bonds is 7. The van der Waals surface area contributed by atoms with Crippen LogP contribution in [0.4, 0.5) is 0 Å². The Bertz CT molecular complexity index is 390. The second-order valence-electron chi connectivity index (χ2n) is 5.21. The average molecular weight is 281 g/mol. The number of nitrogens with one attached hydrogen (secondary N) is 1. The summed E-state index contributed by atoms with van der Waals surface area (Å²) in [6, 6.07) is 10.2. The number of carbonyl (C=O) groups excluding carboxylic acids is 1. The monoisotopic (exact) mass is 281 g/mol. The van der Waals surface area contributed by atoms with E-state index in [-0.39, 0.29) is 5.91 Å². The fraction of sp³-hybridized carbons (Fsp3) is 0.533. The van der Waals surface area contributed by atoms with Crippen molar-refractivity contribution in [2.24, 2.45) is 0 Å². The Balaban J connectivity index is 2.21. The second-order valence-corrected chi connectivity index (χ2v) is 6.38. The Morgan fingerprint density at radius 3 is 2.58 bits per heavy atom. The molecule has 0 heterocycles. The maximum Gasteiger partial charge on any atom is 0.220 e. The van der Waals surface area contributed by atoms with Gasteiger partial charge in [0.1, 0.15) is 0 Å². The number of aliphatic hydroxyl groups excluding tert-OH is 1. The van der Waals surface area contributed by atoms with Crippen LogP contribution in [0.15, 0.2) is 35.2 Å². The molecule has 0 fully saturated rings. The van der Waals surface area contributed by atoms with Gasteiger partial charge in [-0.15, -0.1) is 11.8 Å². The van der Waals surface area contributed by atoms with E-state index in [1.54, 1.807) is 18.7 Å². The minimum absolute atomic E-state index is 0.000406. The predicted molar refractivity (Wildman–Crippen MR) is 80.3 cm³/mol. The van der Waals surface area contributed by atoms with E-state index < -0.39 is 11.6 Å². The Morgan fingerprint density at radius 2 is 2.00 bits per heavy atom. The molecule has 0 saturated heterocycles. The molecule has 0 saturated carbocycles. The lowest BCUT2D eigenvalue weighted by atomic mass is 9.98. The van der Waals surface area contributed by atoms with E-state index in [2.05, 4.69) is 17.4 Å².